The van der Waals surface area contributed by atoms with E-state index in [1.165, 1.54) is 32.1 Å². The third-order valence-electron chi connectivity index (χ3n) is 13.1. The van der Waals surface area contributed by atoms with Gasteiger partial charge in [0.05, 0.1) is 0 Å². The molecule has 0 saturated carbocycles. The summed E-state index contributed by atoms with van der Waals surface area (Å²) in [5.74, 6) is -0.993. The van der Waals surface area contributed by atoms with Crippen molar-refractivity contribution in [1.82, 2.24) is 0 Å². The number of unbranched alkanes of at least 4 members (excludes halogenated alkanes) is 16. The molecular weight excluding hydrogens is 1010 g/mol. The van der Waals surface area contributed by atoms with Crippen LogP contribution in [0.5, 0.6) is 0 Å². The van der Waals surface area contributed by atoms with Gasteiger partial charge in [-0.15, -0.1) is 0 Å². The Kier molecular flexibility index (Phi) is 63.5. The molecule has 0 amide bonds. The van der Waals surface area contributed by atoms with Crippen LogP contribution in [0.15, 0.2) is 182 Å². The van der Waals surface area contributed by atoms with Crippen molar-refractivity contribution >= 4 is 17.9 Å². The Hall–Kier alpha value is -5.49. The van der Waals surface area contributed by atoms with Crippen LogP contribution >= 0.6 is 0 Å². The lowest BCUT2D eigenvalue weighted by molar-refractivity contribution is -0.167. The smallest absolute Gasteiger partial charge is 0.306 e. The van der Waals surface area contributed by atoms with E-state index in [2.05, 4.69) is 203 Å². The fourth-order valence-corrected chi connectivity index (χ4v) is 8.28. The summed E-state index contributed by atoms with van der Waals surface area (Å²) < 4.78 is 16.9. The van der Waals surface area contributed by atoms with Gasteiger partial charge in [-0.05, 0) is 161 Å². The van der Waals surface area contributed by atoms with Crippen LogP contribution < -0.4 is 0 Å². The van der Waals surface area contributed by atoms with Crippen molar-refractivity contribution in [2.75, 3.05) is 13.2 Å². The molecule has 458 valence electrons. The van der Waals surface area contributed by atoms with Gasteiger partial charge in [0.25, 0.3) is 0 Å². The van der Waals surface area contributed by atoms with E-state index in [1.807, 2.05) is 0 Å². The third kappa shape index (κ3) is 65.3. The first-order valence-electron chi connectivity index (χ1n) is 32.8. The van der Waals surface area contributed by atoms with Crippen LogP contribution in [0, 0.1) is 0 Å². The zero-order valence-electron chi connectivity index (χ0n) is 52.4. The average molecular weight is 1130 g/mol. The first kappa shape index (κ1) is 76.5. The van der Waals surface area contributed by atoms with Crippen LogP contribution in [0.4, 0.5) is 0 Å². The first-order valence-corrected chi connectivity index (χ1v) is 32.8. The average Bonchev–Trinajstić information content (AvgIpc) is 3.47. The fraction of sp³-hybridized carbons (Fsp3) is 0.566. The monoisotopic (exact) mass is 1130 g/mol. The van der Waals surface area contributed by atoms with Crippen LogP contribution in [0.1, 0.15) is 258 Å². The number of hydrogen-bond acceptors (Lipinski definition) is 6. The van der Waals surface area contributed by atoms with Crippen molar-refractivity contribution in [2.24, 2.45) is 0 Å². The number of allylic oxidation sites excluding steroid dienone is 30. The minimum atomic E-state index is -0.825. The topological polar surface area (TPSA) is 78.9 Å². The number of carbonyl (C=O) groups is 3. The fourth-order valence-electron chi connectivity index (χ4n) is 8.28. The maximum Gasteiger partial charge on any atom is 0.306 e. The Morgan fingerprint density at radius 2 is 0.476 bits per heavy atom. The number of carbonyl (C=O) groups excluding carboxylic acids is 3. The summed E-state index contributed by atoms with van der Waals surface area (Å²) in [6.45, 7) is 6.33. The van der Waals surface area contributed by atoms with Gasteiger partial charge in [0, 0.05) is 19.3 Å². The zero-order chi connectivity index (χ0) is 59.2. The second-order valence-corrected chi connectivity index (χ2v) is 20.9. The SMILES string of the molecule is CC/C=C\C/C=C\C/C=C\C/C=C\C/C=C\C/C=C\C/C=C\C/C=C\CCCCCCC(=O)OCC(COC(=O)CCCCCCC/C=C\C/C=C\CCCCCC)OC(=O)CCCCC/C=C\C/C=C\C/C=C\C/C=C\C/C=C\CC. The van der Waals surface area contributed by atoms with E-state index in [0.29, 0.717) is 19.3 Å². The summed E-state index contributed by atoms with van der Waals surface area (Å²) >= 11 is 0. The predicted molar refractivity (Wildman–Crippen MR) is 357 cm³/mol. The van der Waals surface area contributed by atoms with Crippen LogP contribution in [0.3, 0.4) is 0 Å². The lowest BCUT2D eigenvalue weighted by Gasteiger charge is -2.18. The molecule has 0 aromatic rings. The van der Waals surface area contributed by atoms with E-state index < -0.39 is 6.10 Å². The van der Waals surface area contributed by atoms with Crippen LogP contribution in [0.25, 0.3) is 0 Å². The molecule has 6 heteroatoms. The number of hydrogen-bond donors (Lipinski definition) is 0. The van der Waals surface area contributed by atoms with E-state index >= 15 is 0 Å². The zero-order valence-corrected chi connectivity index (χ0v) is 52.4. The molecule has 0 aromatic heterocycles. The molecule has 6 nitrogen and oxygen atoms in total. The number of rotatable bonds is 57. The van der Waals surface area contributed by atoms with Gasteiger partial charge in [-0.2, -0.15) is 0 Å². The van der Waals surface area contributed by atoms with E-state index in [0.717, 1.165) is 180 Å². The Bertz CT molecular complexity index is 1920. The third-order valence-corrected chi connectivity index (χ3v) is 13.1. The maximum atomic E-state index is 12.9. The minimum Gasteiger partial charge on any atom is -0.462 e. The standard InChI is InChI=1S/C76H118O6/c1-4-7-10-13-16-19-22-25-28-31-33-34-35-36-37-38-39-40-41-42-44-45-48-51-54-57-60-63-66-69-75(78)81-72-73(71-80-74(77)68-65-62-59-56-53-50-47-30-27-24-21-18-15-12-9-6-3)82-76(79)70-67-64-61-58-55-52-49-46-43-32-29-26-23-20-17-14-11-8-5-2/h7-8,10-11,16-17,19-21,24-26,28-30,33-34,36-37,39-40,42-44,46-48,51-52,55,73H,4-6,9,12-15,18,22-23,27,31-32,35,38,41,45,49-50,53-54,56-72H2,1-3H3/b10-7-,11-8-,19-16-,20-17-,24-21-,28-25-,29-26-,34-33-,37-36-,40-39-,44-42-,46-43-,47-30-,51-48-,55-52-. The normalized spacial score (nSPS) is 13.4. The molecule has 0 N–H and O–H groups in total. The van der Waals surface area contributed by atoms with Gasteiger partial charge in [0.2, 0.25) is 0 Å². The quantitative estimate of drug-likeness (QED) is 0.0261. The van der Waals surface area contributed by atoms with Gasteiger partial charge >= 0.3 is 17.9 Å². The molecule has 0 spiro atoms. The van der Waals surface area contributed by atoms with Crippen molar-refractivity contribution in [3.63, 3.8) is 0 Å². The van der Waals surface area contributed by atoms with E-state index in [1.54, 1.807) is 0 Å². The van der Waals surface area contributed by atoms with E-state index in [-0.39, 0.29) is 37.5 Å². The van der Waals surface area contributed by atoms with Gasteiger partial charge in [0.1, 0.15) is 13.2 Å². The molecule has 0 rings (SSSR count). The second-order valence-electron chi connectivity index (χ2n) is 20.9. The highest BCUT2D eigenvalue weighted by Gasteiger charge is 2.19. The summed E-state index contributed by atoms with van der Waals surface area (Å²) in [6, 6.07) is 0. The van der Waals surface area contributed by atoms with Crippen molar-refractivity contribution in [1.29, 1.82) is 0 Å². The largest absolute Gasteiger partial charge is 0.462 e. The van der Waals surface area contributed by atoms with Crippen LogP contribution in [-0.2, 0) is 28.6 Å². The molecule has 0 aliphatic carbocycles. The summed E-state index contributed by atoms with van der Waals surface area (Å²) in [5.41, 5.74) is 0. The maximum absolute atomic E-state index is 12.9. The molecule has 0 aromatic carbocycles. The molecule has 0 heterocycles. The molecule has 0 fully saturated rings. The second kappa shape index (κ2) is 68.0. The summed E-state index contributed by atoms with van der Waals surface area (Å²) in [5, 5.41) is 0. The van der Waals surface area contributed by atoms with Gasteiger partial charge in [0.15, 0.2) is 6.10 Å². The molecule has 0 bridgehead atoms. The highest BCUT2D eigenvalue weighted by molar-refractivity contribution is 5.71. The molecule has 1 unspecified atom stereocenters. The summed E-state index contributed by atoms with van der Waals surface area (Å²) in [6.07, 6.45) is 102. The minimum absolute atomic E-state index is 0.116. The Morgan fingerprint density at radius 1 is 0.256 bits per heavy atom. The van der Waals surface area contributed by atoms with Crippen LogP contribution in [0.2, 0.25) is 0 Å². The van der Waals surface area contributed by atoms with Crippen molar-refractivity contribution < 1.29 is 28.6 Å². The van der Waals surface area contributed by atoms with E-state index in [9.17, 15) is 14.4 Å². The van der Waals surface area contributed by atoms with Gasteiger partial charge in [-0.3, -0.25) is 14.4 Å². The van der Waals surface area contributed by atoms with Crippen molar-refractivity contribution in [3.8, 4) is 0 Å². The Labute approximate surface area is 504 Å². The molecule has 0 saturated heterocycles. The van der Waals surface area contributed by atoms with Gasteiger partial charge in [-0.25, -0.2) is 0 Å². The van der Waals surface area contributed by atoms with Crippen molar-refractivity contribution in [3.05, 3.63) is 182 Å². The Balaban J connectivity index is 4.52. The van der Waals surface area contributed by atoms with Gasteiger partial charge in [-0.1, -0.05) is 261 Å². The van der Waals surface area contributed by atoms with E-state index in [4.69, 9.17) is 14.2 Å². The van der Waals surface area contributed by atoms with Crippen LogP contribution in [-0.4, -0.2) is 37.2 Å². The van der Waals surface area contributed by atoms with Gasteiger partial charge < -0.3 is 14.2 Å². The number of ether oxygens (including phenoxy) is 3. The Morgan fingerprint density at radius 3 is 0.756 bits per heavy atom. The molecule has 0 radical (unpaired) electrons. The highest BCUT2D eigenvalue weighted by Crippen LogP contribution is 2.13. The predicted octanol–water partition coefficient (Wildman–Crippen LogP) is 22.8. The number of esters is 3. The highest BCUT2D eigenvalue weighted by atomic mass is 16.6. The van der Waals surface area contributed by atoms with Crippen molar-refractivity contribution in [2.45, 2.75) is 264 Å². The summed E-state index contributed by atoms with van der Waals surface area (Å²) in [4.78, 5) is 38.4. The lowest BCUT2D eigenvalue weighted by atomic mass is 10.1. The first-order chi connectivity index (χ1) is 40.5. The molecular formula is C76H118O6. The molecule has 1 atom stereocenters. The summed E-state index contributed by atoms with van der Waals surface area (Å²) in [7, 11) is 0. The molecule has 0 aliphatic heterocycles. The molecule has 82 heavy (non-hydrogen) atoms. The lowest BCUT2D eigenvalue weighted by Crippen LogP contribution is -2.30. The molecule has 0 aliphatic rings.